The molecule has 0 aliphatic carbocycles. The number of rotatable bonds is 6. The van der Waals surface area contributed by atoms with Gasteiger partial charge in [0.05, 0.1) is 10.7 Å². The van der Waals surface area contributed by atoms with Gasteiger partial charge in [-0.2, -0.15) is 18.5 Å². The molecule has 29 heavy (non-hydrogen) atoms. The second-order valence-corrected chi connectivity index (χ2v) is 10.4. The van der Waals surface area contributed by atoms with Crippen molar-refractivity contribution in [1.29, 1.82) is 0 Å². The highest BCUT2D eigenvalue weighted by molar-refractivity contribution is 9.10. The second kappa shape index (κ2) is 8.07. The summed E-state index contributed by atoms with van der Waals surface area (Å²) in [5, 5.41) is 4.12. The second-order valence-electron chi connectivity index (χ2n) is 8.06. The van der Waals surface area contributed by atoms with Crippen LogP contribution in [-0.2, 0) is 10.1 Å². The van der Waals surface area contributed by atoms with E-state index in [0.29, 0.717) is 16.0 Å². The molecular weight excluding hydrogens is 454 g/mol. The number of fused-ring (bicyclic) bond motifs is 1. The van der Waals surface area contributed by atoms with Crippen LogP contribution in [0.25, 0.3) is 5.65 Å². The first-order valence-electron chi connectivity index (χ1n) is 9.63. The van der Waals surface area contributed by atoms with Crippen molar-refractivity contribution in [2.75, 3.05) is 0 Å². The van der Waals surface area contributed by atoms with Crippen LogP contribution < -0.4 is 4.18 Å². The minimum atomic E-state index is -4.08. The maximum Gasteiger partial charge on any atom is 0.341 e. The van der Waals surface area contributed by atoms with Gasteiger partial charge in [-0.25, -0.2) is 4.52 Å². The van der Waals surface area contributed by atoms with Gasteiger partial charge >= 0.3 is 10.1 Å². The van der Waals surface area contributed by atoms with Crippen LogP contribution in [0.1, 0.15) is 76.0 Å². The summed E-state index contributed by atoms with van der Waals surface area (Å²) in [7, 11) is -4.08. The lowest BCUT2D eigenvalue weighted by Gasteiger charge is -2.22. The summed E-state index contributed by atoms with van der Waals surface area (Å²) in [5.41, 5.74) is 3.15. The van der Waals surface area contributed by atoms with E-state index in [2.05, 4.69) is 39.9 Å². The van der Waals surface area contributed by atoms with E-state index < -0.39 is 10.1 Å². The molecule has 156 valence electrons. The normalized spacial score (nSPS) is 12.5. The third-order valence-corrected chi connectivity index (χ3v) is 6.75. The van der Waals surface area contributed by atoms with Crippen LogP contribution in [-0.4, -0.2) is 23.0 Å². The first kappa shape index (κ1) is 21.8. The zero-order chi connectivity index (χ0) is 21.5. The first-order valence-corrected chi connectivity index (χ1v) is 11.8. The summed E-state index contributed by atoms with van der Waals surface area (Å²) in [5.74, 6) is 0.361. The van der Waals surface area contributed by atoms with E-state index in [1.54, 1.807) is 16.9 Å². The summed E-state index contributed by atoms with van der Waals surface area (Å²) in [4.78, 5) is 4.54. The Bertz CT molecular complexity index is 1120. The molecule has 3 aromatic rings. The van der Waals surface area contributed by atoms with Gasteiger partial charge in [0.1, 0.15) is 4.90 Å². The van der Waals surface area contributed by atoms with Crippen molar-refractivity contribution in [2.45, 2.75) is 64.2 Å². The molecule has 0 atom stereocenters. The van der Waals surface area contributed by atoms with Crippen LogP contribution in [0.4, 0.5) is 0 Å². The molecule has 8 heteroatoms. The third-order valence-electron chi connectivity index (χ3n) is 4.82. The van der Waals surface area contributed by atoms with Gasteiger partial charge in [-0.1, -0.05) is 53.7 Å². The van der Waals surface area contributed by atoms with Crippen LogP contribution in [0.15, 0.2) is 40.0 Å². The first-order chi connectivity index (χ1) is 13.5. The van der Waals surface area contributed by atoms with Gasteiger partial charge in [0.25, 0.3) is 0 Å². The standard InChI is InChI=1S/C21H26BrN3O3S/c1-12(2)15-9-16(13(3)4)20(17(10-15)14(5)6)29(26,27)28-19-7-8-25-21(24-19)18(22)11-23-25/h7-14H,1-6H3. The Kier molecular flexibility index (Phi) is 6.06. The lowest BCUT2D eigenvalue weighted by molar-refractivity contribution is 0.472. The van der Waals surface area contributed by atoms with E-state index in [1.807, 2.05) is 39.8 Å². The number of hydrogen-bond donors (Lipinski definition) is 0. The number of benzene rings is 1. The predicted octanol–water partition coefficient (Wildman–Crippen LogP) is 5.63. The SMILES string of the molecule is CC(C)c1cc(C(C)C)c(S(=O)(=O)Oc2ccn3ncc(Br)c3n2)c(C(C)C)c1. The fraction of sp³-hybridized carbons (Fsp3) is 0.429. The molecule has 0 aliphatic rings. The maximum absolute atomic E-state index is 13.4. The third kappa shape index (κ3) is 4.33. The highest BCUT2D eigenvalue weighted by atomic mass is 79.9. The van der Waals surface area contributed by atoms with Crippen molar-refractivity contribution < 1.29 is 12.6 Å². The summed E-state index contributed by atoms with van der Waals surface area (Å²) in [6.07, 6.45) is 3.21. The fourth-order valence-electron chi connectivity index (χ4n) is 3.20. The van der Waals surface area contributed by atoms with Crippen LogP contribution in [0.3, 0.4) is 0 Å². The van der Waals surface area contributed by atoms with Crippen molar-refractivity contribution >= 4 is 31.7 Å². The van der Waals surface area contributed by atoms with Gasteiger partial charge in [-0.15, -0.1) is 0 Å². The Morgan fingerprint density at radius 1 is 1.00 bits per heavy atom. The van der Waals surface area contributed by atoms with Gasteiger partial charge in [0.15, 0.2) is 5.65 Å². The molecule has 0 spiro atoms. The average Bonchev–Trinajstić information content (AvgIpc) is 3.00. The van der Waals surface area contributed by atoms with Crippen molar-refractivity contribution in [3.63, 3.8) is 0 Å². The fourth-order valence-corrected chi connectivity index (χ4v) is 5.13. The molecule has 6 nitrogen and oxygen atoms in total. The van der Waals surface area contributed by atoms with Crippen LogP contribution in [0, 0.1) is 0 Å². The van der Waals surface area contributed by atoms with Crippen molar-refractivity contribution in [3.8, 4) is 5.88 Å². The van der Waals surface area contributed by atoms with Crippen LogP contribution >= 0.6 is 15.9 Å². The molecule has 3 rings (SSSR count). The number of hydrogen-bond acceptors (Lipinski definition) is 5. The summed E-state index contributed by atoms with van der Waals surface area (Å²) >= 11 is 3.36. The Morgan fingerprint density at radius 3 is 2.10 bits per heavy atom. The quantitative estimate of drug-likeness (QED) is 0.428. The molecule has 0 amide bonds. The van der Waals surface area contributed by atoms with E-state index in [0.717, 1.165) is 16.7 Å². The predicted molar refractivity (Wildman–Crippen MR) is 117 cm³/mol. The molecule has 1 aromatic carbocycles. The Morgan fingerprint density at radius 2 is 1.59 bits per heavy atom. The molecule has 2 aromatic heterocycles. The summed E-state index contributed by atoms with van der Waals surface area (Å²) in [6.45, 7) is 12.2. The van der Waals surface area contributed by atoms with Crippen molar-refractivity contribution in [1.82, 2.24) is 14.6 Å². The number of halogens is 1. The minimum absolute atomic E-state index is 0.0102. The Hall–Kier alpha value is -1.93. The molecule has 0 radical (unpaired) electrons. The Labute approximate surface area is 180 Å². The molecule has 0 unspecified atom stereocenters. The summed E-state index contributed by atoms with van der Waals surface area (Å²) in [6, 6.07) is 5.47. The molecule has 2 heterocycles. The van der Waals surface area contributed by atoms with E-state index in [4.69, 9.17) is 4.18 Å². The van der Waals surface area contributed by atoms with Crippen LogP contribution in [0.5, 0.6) is 5.88 Å². The monoisotopic (exact) mass is 479 g/mol. The maximum atomic E-state index is 13.4. The highest BCUT2D eigenvalue weighted by Gasteiger charge is 2.29. The van der Waals surface area contributed by atoms with E-state index in [1.165, 1.54) is 6.07 Å². The number of aromatic nitrogens is 3. The molecule has 0 bridgehead atoms. The Balaban J connectivity index is 2.16. The van der Waals surface area contributed by atoms with Crippen molar-refractivity contribution in [2.24, 2.45) is 0 Å². The van der Waals surface area contributed by atoms with Gasteiger partial charge < -0.3 is 4.18 Å². The zero-order valence-corrected chi connectivity index (χ0v) is 19.9. The lowest BCUT2D eigenvalue weighted by Crippen LogP contribution is -2.18. The zero-order valence-electron chi connectivity index (χ0n) is 17.5. The van der Waals surface area contributed by atoms with E-state index in [-0.39, 0.29) is 22.6 Å². The molecule has 0 saturated heterocycles. The molecule has 0 fully saturated rings. The van der Waals surface area contributed by atoms with Gasteiger partial charge in [-0.3, -0.25) is 0 Å². The summed E-state index contributed by atoms with van der Waals surface area (Å²) < 4.78 is 34.5. The topological polar surface area (TPSA) is 73.6 Å². The molecule has 0 aliphatic heterocycles. The lowest BCUT2D eigenvalue weighted by atomic mass is 9.89. The largest absolute Gasteiger partial charge is 0.358 e. The van der Waals surface area contributed by atoms with E-state index in [9.17, 15) is 8.42 Å². The smallest absolute Gasteiger partial charge is 0.341 e. The minimum Gasteiger partial charge on any atom is -0.358 e. The van der Waals surface area contributed by atoms with Gasteiger partial charge in [-0.05, 0) is 50.4 Å². The van der Waals surface area contributed by atoms with E-state index >= 15 is 0 Å². The number of nitrogens with zero attached hydrogens (tertiary/aromatic N) is 3. The molecular formula is C21H26BrN3O3S. The highest BCUT2D eigenvalue weighted by Crippen LogP contribution is 2.36. The average molecular weight is 480 g/mol. The molecule has 0 N–H and O–H groups in total. The van der Waals surface area contributed by atoms with Crippen molar-refractivity contribution in [3.05, 3.63) is 51.8 Å². The molecule has 0 saturated carbocycles. The van der Waals surface area contributed by atoms with Crippen LogP contribution in [0.2, 0.25) is 0 Å². The van der Waals surface area contributed by atoms with Gasteiger partial charge in [0, 0.05) is 12.3 Å². The van der Waals surface area contributed by atoms with Gasteiger partial charge in [0.2, 0.25) is 5.88 Å².